The number of hydrogen-bond donors (Lipinski definition) is 2. The number of pyridine rings is 1. The van der Waals surface area contributed by atoms with Crippen LogP contribution in [0, 0.1) is 5.92 Å². The highest BCUT2D eigenvalue weighted by Gasteiger charge is 2.19. The minimum atomic E-state index is -0.993. The molecule has 0 saturated heterocycles. The number of aliphatic hydroxyl groups is 1. The van der Waals surface area contributed by atoms with Gasteiger partial charge >= 0.3 is 5.97 Å². The fraction of sp³-hybridized carbons (Fsp3) is 0.333. The van der Waals surface area contributed by atoms with Crippen LogP contribution in [0.3, 0.4) is 0 Å². The number of aromatic nitrogens is 2. The molecule has 0 aliphatic rings. The first-order valence-corrected chi connectivity index (χ1v) is 6.56. The van der Waals surface area contributed by atoms with Crippen LogP contribution in [0.5, 0.6) is 0 Å². The van der Waals surface area contributed by atoms with Gasteiger partial charge in [0.25, 0.3) is 0 Å². The molecule has 2 aromatic heterocycles. The van der Waals surface area contributed by atoms with E-state index in [9.17, 15) is 9.90 Å². The van der Waals surface area contributed by atoms with Crippen LogP contribution in [0.25, 0.3) is 5.65 Å². The smallest absolute Gasteiger partial charge is 0.355 e. The van der Waals surface area contributed by atoms with Crippen LogP contribution in [0.15, 0.2) is 29.4 Å². The van der Waals surface area contributed by atoms with E-state index in [1.807, 2.05) is 13.0 Å². The highest BCUT2D eigenvalue weighted by Crippen LogP contribution is 2.25. The summed E-state index contributed by atoms with van der Waals surface area (Å²) in [7, 11) is 0. The minimum Gasteiger partial charge on any atom is -0.476 e. The zero-order valence-corrected chi connectivity index (χ0v) is 10.7. The standard InChI is InChI=1S/C12H14N2O3S/c1-8(6-15)7-18-11-10(12(16)17)14-5-3-2-4-9(14)13-11/h2-5,8,15H,6-7H2,1H3,(H,16,17). The molecule has 0 aromatic carbocycles. The minimum absolute atomic E-state index is 0.0861. The van der Waals surface area contributed by atoms with Gasteiger partial charge in [-0.1, -0.05) is 13.0 Å². The Kier molecular flexibility index (Phi) is 3.88. The van der Waals surface area contributed by atoms with Crippen LogP contribution >= 0.6 is 11.8 Å². The summed E-state index contributed by atoms with van der Waals surface area (Å²) in [5.74, 6) is -0.241. The lowest BCUT2D eigenvalue weighted by Crippen LogP contribution is -2.06. The molecule has 5 nitrogen and oxygen atoms in total. The molecule has 0 spiro atoms. The van der Waals surface area contributed by atoms with Crippen LogP contribution in [-0.4, -0.2) is 37.9 Å². The Hall–Kier alpha value is -1.53. The Bertz CT molecular complexity index is 567. The number of imidazole rings is 1. The first kappa shape index (κ1) is 12.9. The summed E-state index contributed by atoms with van der Waals surface area (Å²) >= 11 is 1.36. The van der Waals surface area contributed by atoms with E-state index in [0.29, 0.717) is 16.4 Å². The second-order valence-corrected chi connectivity index (χ2v) is 5.11. The summed E-state index contributed by atoms with van der Waals surface area (Å²) in [6.45, 7) is 1.99. The molecule has 0 aliphatic heterocycles. The highest BCUT2D eigenvalue weighted by atomic mass is 32.2. The van der Waals surface area contributed by atoms with Gasteiger partial charge in [-0.25, -0.2) is 9.78 Å². The van der Waals surface area contributed by atoms with Gasteiger partial charge in [-0.2, -0.15) is 0 Å². The van der Waals surface area contributed by atoms with Gasteiger partial charge in [0.15, 0.2) is 5.69 Å². The van der Waals surface area contributed by atoms with E-state index in [1.165, 1.54) is 11.8 Å². The fourth-order valence-electron chi connectivity index (χ4n) is 1.54. The molecule has 0 saturated carbocycles. The maximum absolute atomic E-state index is 11.3. The fourth-order valence-corrected chi connectivity index (χ4v) is 2.57. The molecular formula is C12H14N2O3S. The Labute approximate surface area is 108 Å². The second-order valence-electron chi connectivity index (χ2n) is 4.10. The van der Waals surface area contributed by atoms with Crippen LogP contribution < -0.4 is 0 Å². The maximum atomic E-state index is 11.3. The van der Waals surface area contributed by atoms with Crippen LogP contribution in [-0.2, 0) is 0 Å². The third-order valence-corrected chi connectivity index (χ3v) is 3.81. The topological polar surface area (TPSA) is 74.8 Å². The van der Waals surface area contributed by atoms with Crippen molar-refractivity contribution < 1.29 is 15.0 Å². The van der Waals surface area contributed by atoms with Gasteiger partial charge in [-0.15, -0.1) is 11.8 Å². The molecule has 0 fully saturated rings. The number of carboxylic acid groups (broad SMARTS) is 1. The molecule has 0 bridgehead atoms. The van der Waals surface area contributed by atoms with Gasteiger partial charge in [0.05, 0.1) is 0 Å². The maximum Gasteiger partial charge on any atom is 0.355 e. The molecule has 6 heteroatoms. The zero-order chi connectivity index (χ0) is 13.1. The van der Waals surface area contributed by atoms with Crippen LogP contribution in [0.2, 0.25) is 0 Å². The van der Waals surface area contributed by atoms with Crippen molar-refractivity contribution in [3.05, 3.63) is 30.1 Å². The van der Waals surface area contributed by atoms with Crippen molar-refractivity contribution >= 4 is 23.4 Å². The largest absolute Gasteiger partial charge is 0.476 e. The number of rotatable bonds is 5. The van der Waals surface area contributed by atoms with Crippen molar-refractivity contribution in [3.63, 3.8) is 0 Å². The summed E-state index contributed by atoms with van der Waals surface area (Å²) in [5, 5.41) is 18.7. The van der Waals surface area contributed by atoms with Crippen LogP contribution in [0.4, 0.5) is 0 Å². The van der Waals surface area contributed by atoms with Gasteiger partial charge in [-0.05, 0) is 18.1 Å². The van der Waals surface area contributed by atoms with Crippen molar-refractivity contribution in [3.8, 4) is 0 Å². The van der Waals surface area contributed by atoms with Gasteiger partial charge in [0.1, 0.15) is 10.7 Å². The number of thioether (sulfide) groups is 1. The molecular weight excluding hydrogens is 252 g/mol. The van der Waals surface area contributed by atoms with Gasteiger partial charge in [0, 0.05) is 18.6 Å². The van der Waals surface area contributed by atoms with E-state index < -0.39 is 5.97 Å². The van der Waals surface area contributed by atoms with Gasteiger partial charge in [0.2, 0.25) is 0 Å². The van der Waals surface area contributed by atoms with E-state index in [0.717, 1.165) is 0 Å². The van der Waals surface area contributed by atoms with E-state index >= 15 is 0 Å². The van der Waals surface area contributed by atoms with Crippen molar-refractivity contribution in [1.29, 1.82) is 0 Å². The van der Waals surface area contributed by atoms with Crippen molar-refractivity contribution in [2.75, 3.05) is 12.4 Å². The van der Waals surface area contributed by atoms with Crippen molar-refractivity contribution in [1.82, 2.24) is 9.38 Å². The molecule has 0 amide bonds. The highest BCUT2D eigenvalue weighted by molar-refractivity contribution is 7.99. The average molecular weight is 266 g/mol. The normalized spacial score (nSPS) is 12.8. The van der Waals surface area contributed by atoms with E-state index in [2.05, 4.69) is 4.98 Å². The molecule has 2 rings (SSSR count). The Morgan fingerprint density at radius 2 is 2.33 bits per heavy atom. The quantitative estimate of drug-likeness (QED) is 0.806. The monoisotopic (exact) mass is 266 g/mol. The summed E-state index contributed by atoms with van der Waals surface area (Å²) in [6.07, 6.45) is 1.69. The second kappa shape index (κ2) is 5.41. The summed E-state index contributed by atoms with van der Waals surface area (Å²) < 4.78 is 1.56. The summed E-state index contributed by atoms with van der Waals surface area (Å²) in [6, 6.07) is 5.36. The average Bonchev–Trinajstić information content (AvgIpc) is 2.74. The molecule has 96 valence electrons. The predicted molar refractivity (Wildman–Crippen MR) is 69.1 cm³/mol. The third-order valence-electron chi connectivity index (χ3n) is 2.52. The molecule has 2 aromatic rings. The van der Waals surface area contributed by atoms with E-state index in [-0.39, 0.29) is 18.2 Å². The number of aromatic carboxylic acids is 1. The molecule has 0 aliphatic carbocycles. The summed E-state index contributed by atoms with van der Waals surface area (Å²) in [4.78, 5) is 15.6. The van der Waals surface area contributed by atoms with Gasteiger partial charge in [-0.3, -0.25) is 4.40 Å². The van der Waals surface area contributed by atoms with E-state index in [4.69, 9.17) is 5.11 Å². The number of carboxylic acids is 1. The summed E-state index contributed by atoms with van der Waals surface area (Å²) in [5.41, 5.74) is 0.801. The molecule has 1 unspecified atom stereocenters. The number of fused-ring (bicyclic) bond motifs is 1. The molecule has 0 radical (unpaired) electrons. The lowest BCUT2D eigenvalue weighted by molar-refractivity contribution is 0.0685. The van der Waals surface area contributed by atoms with E-state index in [1.54, 1.807) is 22.7 Å². The first-order chi connectivity index (χ1) is 8.63. The number of aliphatic hydroxyl groups excluding tert-OH is 1. The Morgan fingerprint density at radius 1 is 1.56 bits per heavy atom. The first-order valence-electron chi connectivity index (χ1n) is 5.57. The van der Waals surface area contributed by atoms with Crippen molar-refractivity contribution in [2.24, 2.45) is 5.92 Å². The Morgan fingerprint density at radius 3 is 3.00 bits per heavy atom. The molecule has 18 heavy (non-hydrogen) atoms. The SMILES string of the molecule is CC(CO)CSc1nc2ccccn2c1C(=O)O. The van der Waals surface area contributed by atoms with Gasteiger partial charge < -0.3 is 10.2 Å². The number of hydrogen-bond acceptors (Lipinski definition) is 4. The molecule has 2 heterocycles. The lowest BCUT2D eigenvalue weighted by Gasteiger charge is -2.05. The Balaban J connectivity index is 2.37. The predicted octanol–water partition coefficient (Wildman–Crippen LogP) is 1.75. The molecule has 1 atom stereocenters. The van der Waals surface area contributed by atoms with Crippen LogP contribution in [0.1, 0.15) is 17.4 Å². The number of nitrogens with zero attached hydrogens (tertiary/aromatic N) is 2. The number of carbonyl (C=O) groups is 1. The third kappa shape index (κ3) is 2.49. The van der Waals surface area contributed by atoms with Crippen molar-refractivity contribution in [2.45, 2.75) is 11.9 Å². The zero-order valence-electron chi connectivity index (χ0n) is 9.91. The molecule has 2 N–H and O–H groups in total. The lowest BCUT2D eigenvalue weighted by atomic mass is 10.2.